The number of carbonyl (C=O) groups excluding carboxylic acids is 3. The Labute approximate surface area is 220 Å². The van der Waals surface area contributed by atoms with E-state index in [1.54, 1.807) is 34.6 Å². The van der Waals surface area contributed by atoms with E-state index in [0.29, 0.717) is 5.82 Å². The van der Waals surface area contributed by atoms with E-state index in [9.17, 15) is 19.5 Å². The van der Waals surface area contributed by atoms with Crippen molar-refractivity contribution in [1.29, 1.82) is 0 Å². The number of hydrogen-bond donors (Lipinski definition) is 5. The van der Waals surface area contributed by atoms with Gasteiger partial charge < -0.3 is 46.8 Å². The Balaban J connectivity index is 2.06. The highest BCUT2D eigenvalue weighted by molar-refractivity contribution is 6.08. The van der Waals surface area contributed by atoms with Gasteiger partial charge in [0.2, 0.25) is 0 Å². The Bertz CT molecular complexity index is 1230. The molecule has 1 fully saturated rings. The molecule has 0 spiro atoms. The molecule has 0 aliphatic carbocycles. The maximum atomic E-state index is 12.8. The van der Waals surface area contributed by atoms with Crippen LogP contribution in [0.3, 0.4) is 0 Å². The van der Waals surface area contributed by atoms with E-state index < -0.39 is 60.6 Å². The number of aryl methyl sites for hydroxylation is 1. The fourth-order valence-corrected chi connectivity index (χ4v) is 4.22. The second-order valence-electron chi connectivity index (χ2n) is 10.4. The van der Waals surface area contributed by atoms with Crippen LogP contribution in [0.15, 0.2) is 6.20 Å². The van der Waals surface area contributed by atoms with Crippen molar-refractivity contribution < 1.29 is 33.7 Å². The summed E-state index contributed by atoms with van der Waals surface area (Å²) in [4.78, 5) is 45.9. The van der Waals surface area contributed by atoms with Crippen molar-refractivity contribution >= 4 is 34.7 Å². The number of esters is 2. The number of nitrogen functional groups attached to an aromatic ring is 1. The first-order valence-electron chi connectivity index (χ1n) is 12.3. The molecular formula is C24H37N7O7. The molecule has 14 nitrogen and oxygen atoms in total. The van der Waals surface area contributed by atoms with E-state index in [2.05, 4.69) is 9.97 Å². The third-order valence-electron chi connectivity index (χ3n) is 6.66. The lowest BCUT2D eigenvalue weighted by Gasteiger charge is -2.31. The lowest BCUT2D eigenvalue weighted by Crippen LogP contribution is -2.50. The molecule has 2 aromatic rings. The monoisotopic (exact) mass is 535 g/mol. The molecule has 0 aromatic carbocycles. The number of carbonyl (C=O) groups is 3. The topological polar surface area (TPSA) is 234 Å². The van der Waals surface area contributed by atoms with Gasteiger partial charge in [0.1, 0.15) is 47.7 Å². The van der Waals surface area contributed by atoms with Gasteiger partial charge in [0, 0.05) is 6.20 Å². The molecule has 9 N–H and O–H groups in total. The number of nitrogens with zero attached hydrogens (tertiary/aromatic N) is 3. The fourth-order valence-electron chi connectivity index (χ4n) is 4.22. The fraction of sp³-hybridized carbons (Fsp3) is 0.625. The third-order valence-corrected chi connectivity index (χ3v) is 6.66. The summed E-state index contributed by atoms with van der Waals surface area (Å²) in [5.41, 5.74) is 21.7. The number of aromatic nitrogens is 3. The summed E-state index contributed by atoms with van der Waals surface area (Å²) in [6.07, 6.45) is -2.40. The van der Waals surface area contributed by atoms with Crippen LogP contribution in [0.4, 0.5) is 5.82 Å². The second kappa shape index (κ2) is 10.8. The third kappa shape index (κ3) is 5.43. The largest absolute Gasteiger partial charge is 0.462 e. The normalized spacial score (nSPS) is 25.1. The molecule has 1 saturated heterocycles. The van der Waals surface area contributed by atoms with E-state index in [0.717, 1.165) is 0 Å². The molecule has 1 aliphatic heterocycles. The predicted molar refractivity (Wildman–Crippen MR) is 136 cm³/mol. The number of nitrogens with two attached hydrogens (primary N) is 4. The molecule has 0 radical (unpaired) electrons. The zero-order valence-corrected chi connectivity index (χ0v) is 22.4. The number of primary amides is 1. The van der Waals surface area contributed by atoms with Gasteiger partial charge in [0.05, 0.1) is 10.9 Å². The highest BCUT2D eigenvalue weighted by Crippen LogP contribution is 2.43. The zero-order valence-electron chi connectivity index (χ0n) is 22.4. The molecule has 0 saturated carbocycles. The first kappa shape index (κ1) is 29.2. The number of ether oxygens (including phenoxy) is 3. The number of anilines is 1. The number of amides is 1. The summed E-state index contributed by atoms with van der Waals surface area (Å²) in [6.45, 7) is 9.61. The number of hydrogen-bond acceptors (Lipinski definition) is 12. The molecule has 1 amide bonds. The lowest BCUT2D eigenvalue weighted by molar-refractivity contribution is -0.168. The van der Waals surface area contributed by atoms with Crippen LogP contribution in [-0.2, 0) is 23.8 Å². The Morgan fingerprint density at radius 3 is 2.26 bits per heavy atom. The van der Waals surface area contributed by atoms with E-state index in [-0.39, 0.29) is 34.3 Å². The van der Waals surface area contributed by atoms with Crippen molar-refractivity contribution in [3.63, 3.8) is 0 Å². The number of fused-ring (bicyclic) bond motifs is 1. The van der Waals surface area contributed by atoms with Crippen molar-refractivity contribution in [2.24, 2.45) is 29.0 Å². The van der Waals surface area contributed by atoms with Gasteiger partial charge in [-0.25, -0.2) is 9.97 Å². The van der Waals surface area contributed by atoms with Gasteiger partial charge in [-0.1, -0.05) is 27.7 Å². The molecule has 14 heteroatoms. The molecule has 2 aromatic heterocycles. The van der Waals surface area contributed by atoms with Crippen LogP contribution in [0.5, 0.6) is 0 Å². The summed E-state index contributed by atoms with van der Waals surface area (Å²) in [6, 6.07) is -1.87. The van der Waals surface area contributed by atoms with Gasteiger partial charge in [0.15, 0.2) is 12.3 Å². The molecule has 2 unspecified atom stereocenters. The molecule has 3 rings (SSSR count). The van der Waals surface area contributed by atoms with Crippen LogP contribution in [0.1, 0.15) is 57.0 Å². The number of rotatable bonds is 9. The Kier molecular flexibility index (Phi) is 8.31. The second-order valence-corrected chi connectivity index (χ2v) is 10.4. The first-order chi connectivity index (χ1) is 17.6. The van der Waals surface area contributed by atoms with Crippen LogP contribution >= 0.6 is 0 Å². The smallest absolute Gasteiger partial charge is 0.323 e. The van der Waals surface area contributed by atoms with E-state index >= 15 is 0 Å². The summed E-state index contributed by atoms with van der Waals surface area (Å²) in [5, 5.41) is 11.9. The van der Waals surface area contributed by atoms with Gasteiger partial charge in [-0.15, -0.1) is 0 Å². The summed E-state index contributed by atoms with van der Waals surface area (Å²) >= 11 is 0. The van der Waals surface area contributed by atoms with Crippen LogP contribution < -0.4 is 22.9 Å². The van der Waals surface area contributed by atoms with Crippen LogP contribution in [0.2, 0.25) is 0 Å². The van der Waals surface area contributed by atoms with Gasteiger partial charge in [-0.05, 0) is 25.7 Å². The van der Waals surface area contributed by atoms with Crippen molar-refractivity contribution in [2.45, 2.75) is 77.7 Å². The Morgan fingerprint density at radius 2 is 1.71 bits per heavy atom. The lowest BCUT2D eigenvalue weighted by atomic mass is 9.95. The molecule has 6 atom stereocenters. The summed E-state index contributed by atoms with van der Waals surface area (Å²) in [5.74, 6) is -2.40. The van der Waals surface area contributed by atoms with Gasteiger partial charge >= 0.3 is 11.9 Å². The standard InChI is InChI=1S/C24H37N7O7/c1-9(2)15(25)21(33)36-8-13-17(38-22(34)16(26)10(3)4)24(6,35)23(37-13)31-7-12(19(28)32)14-18(27)29-11(5)30-20(14)31/h7,9-10,13,15-17,23,35H,8,25-26H2,1-6H3,(H2,28,32)(H2,27,29,30)/t13-,15+,16?,17?,23-,24-/m1/s1. The Morgan fingerprint density at radius 1 is 1.13 bits per heavy atom. The zero-order chi connectivity index (χ0) is 28.7. The minimum Gasteiger partial charge on any atom is -0.462 e. The maximum Gasteiger partial charge on any atom is 0.323 e. The van der Waals surface area contributed by atoms with Crippen LogP contribution in [0.25, 0.3) is 11.0 Å². The maximum absolute atomic E-state index is 12.8. The van der Waals surface area contributed by atoms with Crippen molar-refractivity contribution in [3.8, 4) is 0 Å². The van der Waals surface area contributed by atoms with E-state index in [4.69, 9.17) is 37.1 Å². The van der Waals surface area contributed by atoms with Gasteiger partial charge in [0.25, 0.3) is 5.91 Å². The quantitative estimate of drug-likeness (QED) is 0.255. The molecule has 38 heavy (non-hydrogen) atoms. The average molecular weight is 536 g/mol. The van der Waals surface area contributed by atoms with Gasteiger partial charge in [-0.3, -0.25) is 14.4 Å². The highest BCUT2D eigenvalue weighted by atomic mass is 16.6. The average Bonchev–Trinajstić information content (AvgIpc) is 3.31. The molecular weight excluding hydrogens is 498 g/mol. The van der Waals surface area contributed by atoms with Crippen LogP contribution in [0, 0.1) is 18.8 Å². The predicted octanol–water partition coefficient (Wildman–Crippen LogP) is -0.509. The van der Waals surface area contributed by atoms with Crippen molar-refractivity contribution in [3.05, 3.63) is 17.6 Å². The summed E-state index contributed by atoms with van der Waals surface area (Å²) in [7, 11) is 0. The molecule has 1 aliphatic rings. The van der Waals surface area contributed by atoms with Gasteiger partial charge in [-0.2, -0.15) is 0 Å². The SMILES string of the molecule is Cc1nc(N)c2c(C(N)=O)cn([C@@H]3O[C@H](COC(=O)[C@@H](N)C(C)C)C(OC(=O)C(N)C(C)C)[C@@]3(C)O)c2n1. The summed E-state index contributed by atoms with van der Waals surface area (Å²) < 4.78 is 18.5. The van der Waals surface area contributed by atoms with E-state index in [1.165, 1.54) is 17.7 Å². The number of aliphatic hydroxyl groups is 1. The first-order valence-corrected chi connectivity index (χ1v) is 12.3. The Hall–Kier alpha value is -3.33. The molecule has 210 valence electrons. The van der Waals surface area contributed by atoms with Crippen LogP contribution in [-0.4, -0.2) is 74.0 Å². The van der Waals surface area contributed by atoms with Crippen molar-refractivity contribution in [2.75, 3.05) is 12.3 Å². The minimum absolute atomic E-state index is 0.00468. The molecule has 3 heterocycles. The highest BCUT2D eigenvalue weighted by Gasteiger charge is 2.57. The molecule has 0 bridgehead atoms. The minimum atomic E-state index is -1.92. The van der Waals surface area contributed by atoms with Crippen molar-refractivity contribution in [1.82, 2.24) is 14.5 Å². The van der Waals surface area contributed by atoms with E-state index in [1.807, 2.05) is 0 Å².